The summed E-state index contributed by atoms with van der Waals surface area (Å²) in [5.74, 6) is 0.650. The van der Waals surface area contributed by atoms with Crippen LogP contribution in [0.2, 0.25) is 0 Å². The molecule has 1 aliphatic heterocycles. The quantitative estimate of drug-likeness (QED) is 0.794. The van der Waals surface area contributed by atoms with E-state index in [2.05, 4.69) is 58.4 Å². The second kappa shape index (κ2) is 9.74. The lowest BCUT2D eigenvalue weighted by Crippen LogP contribution is -2.36. The standard InChI is InChI=1S/C24H30N4OS/c1-18-8-9-20-21(15-25)24(30-22(20)14-18)26-23(29)17-28-11-5-10-27(12-13-28)16-19-6-3-2-4-7-19/h2-4,6-7,18H,5,8-14,16-17H2,1H3,(H,26,29). The molecular formula is C24H30N4OS. The summed E-state index contributed by atoms with van der Waals surface area (Å²) in [4.78, 5) is 18.7. The summed E-state index contributed by atoms with van der Waals surface area (Å²) in [6, 6.07) is 12.9. The van der Waals surface area contributed by atoms with Crippen molar-refractivity contribution >= 4 is 22.2 Å². The number of thiophene rings is 1. The molecule has 5 nitrogen and oxygen atoms in total. The van der Waals surface area contributed by atoms with Crippen molar-refractivity contribution < 1.29 is 4.79 Å². The van der Waals surface area contributed by atoms with Crippen molar-refractivity contribution in [3.63, 3.8) is 0 Å². The SMILES string of the molecule is CC1CCc2c(sc(NC(=O)CN3CCCN(Cc4ccccc4)CC3)c2C#N)C1. The van der Waals surface area contributed by atoms with E-state index in [0.717, 1.165) is 63.4 Å². The van der Waals surface area contributed by atoms with E-state index in [9.17, 15) is 10.1 Å². The molecule has 158 valence electrons. The van der Waals surface area contributed by atoms with Gasteiger partial charge in [0.05, 0.1) is 12.1 Å². The van der Waals surface area contributed by atoms with E-state index in [0.29, 0.717) is 18.0 Å². The Morgan fingerprint density at radius 3 is 2.77 bits per heavy atom. The first-order valence-electron chi connectivity index (χ1n) is 11.0. The molecule has 0 spiro atoms. The van der Waals surface area contributed by atoms with Gasteiger partial charge in [-0.3, -0.25) is 14.6 Å². The van der Waals surface area contributed by atoms with Crippen LogP contribution in [-0.4, -0.2) is 48.4 Å². The summed E-state index contributed by atoms with van der Waals surface area (Å²) < 4.78 is 0. The maximum absolute atomic E-state index is 12.7. The minimum Gasteiger partial charge on any atom is -0.315 e. The van der Waals surface area contributed by atoms with Gasteiger partial charge < -0.3 is 5.32 Å². The van der Waals surface area contributed by atoms with Gasteiger partial charge in [0, 0.05) is 24.5 Å². The fraction of sp³-hybridized carbons (Fsp3) is 0.500. The fourth-order valence-electron chi connectivity index (χ4n) is 4.51. The predicted molar refractivity (Wildman–Crippen MR) is 122 cm³/mol. The van der Waals surface area contributed by atoms with Crippen molar-refractivity contribution in [2.75, 3.05) is 38.0 Å². The first kappa shape index (κ1) is 21.0. The number of fused-ring (bicyclic) bond motifs is 1. The lowest BCUT2D eigenvalue weighted by atomic mass is 9.89. The van der Waals surface area contributed by atoms with Crippen molar-refractivity contribution in [3.05, 3.63) is 51.9 Å². The molecule has 1 aromatic carbocycles. The highest BCUT2D eigenvalue weighted by molar-refractivity contribution is 7.16. The van der Waals surface area contributed by atoms with E-state index in [1.54, 1.807) is 11.3 Å². The van der Waals surface area contributed by atoms with Crippen LogP contribution in [0, 0.1) is 17.2 Å². The normalized spacial score (nSPS) is 20.2. The zero-order valence-electron chi connectivity index (χ0n) is 17.7. The number of hydrogen-bond donors (Lipinski definition) is 1. The summed E-state index contributed by atoms with van der Waals surface area (Å²) >= 11 is 1.61. The minimum absolute atomic E-state index is 0.00495. The Bertz CT molecular complexity index is 917. The number of amides is 1. The summed E-state index contributed by atoms with van der Waals surface area (Å²) in [6.45, 7) is 7.46. The Balaban J connectivity index is 1.32. The van der Waals surface area contributed by atoms with Crippen molar-refractivity contribution in [3.8, 4) is 6.07 Å². The third kappa shape index (κ3) is 5.10. The Morgan fingerprint density at radius 2 is 1.97 bits per heavy atom. The van der Waals surface area contributed by atoms with E-state index in [4.69, 9.17) is 0 Å². The average Bonchev–Trinajstić information content (AvgIpc) is 2.92. The molecule has 0 saturated carbocycles. The highest BCUT2D eigenvalue weighted by Gasteiger charge is 2.25. The molecule has 1 fully saturated rings. The van der Waals surface area contributed by atoms with Gasteiger partial charge in [-0.05, 0) is 55.8 Å². The van der Waals surface area contributed by atoms with Gasteiger partial charge in [-0.1, -0.05) is 37.3 Å². The number of anilines is 1. The first-order valence-corrected chi connectivity index (χ1v) is 11.8. The maximum Gasteiger partial charge on any atom is 0.239 e. The van der Waals surface area contributed by atoms with Crippen LogP contribution in [0.25, 0.3) is 0 Å². The van der Waals surface area contributed by atoms with Gasteiger partial charge in [0.1, 0.15) is 11.1 Å². The fourth-order valence-corrected chi connectivity index (χ4v) is 5.89. The monoisotopic (exact) mass is 422 g/mol. The Hall–Kier alpha value is -2.20. The third-order valence-electron chi connectivity index (χ3n) is 6.17. The minimum atomic E-state index is -0.00495. The van der Waals surface area contributed by atoms with Crippen LogP contribution in [0.15, 0.2) is 30.3 Å². The lowest BCUT2D eigenvalue weighted by molar-refractivity contribution is -0.117. The van der Waals surface area contributed by atoms with Crippen LogP contribution >= 0.6 is 11.3 Å². The number of carbonyl (C=O) groups excluding carboxylic acids is 1. The van der Waals surface area contributed by atoms with Crippen molar-refractivity contribution in [2.24, 2.45) is 5.92 Å². The molecule has 2 heterocycles. The van der Waals surface area contributed by atoms with E-state index < -0.39 is 0 Å². The Morgan fingerprint density at radius 1 is 1.20 bits per heavy atom. The molecule has 1 amide bonds. The molecule has 1 aromatic heterocycles. The van der Waals surface area contributed by atoms with Gasteiger partial charge in [0.2, 0.25) is 5.91 Å². The van der Waals surface area contributed by atoms with Gasteiger partial charge in [0.15, 0.2) is 0 Å². The summed E-state index contributed by atoms with van der Waals surface area (Å²) in [5.41, 5.74) is 3.20. The molecule has 30 heavy (non-hydrogen) atoms. The van der Waals surface area contributed by atoms with E-state index in [-0.39, 0.29) is 5.91 Å². The highest BCUT2D eigenvalue weighted by atomic mass is 32.1. The maximum atomic E-state index is 12.7. The zero-order chi connectivity index (χ0) is 20.9. The molecule has 1 saturated heterocycles. The van der Waals surface area contributed by atoms with E-state index in [1.165, 1.54) is 16.0 Å². The molecule has 1 N–H and O–H groups in total. The smallest absolute Gasteiger partial charge is 0.239 e. The Kier molecular flexibility index (Phi) is 6.83. The molecule has 6 heteroatoms. The lowest BCUT2D eigenvalue weighted by Gasteiger charge is -2.21. The van der Waals surface area contributed by atoms with E-state index >= 15 is 0 Å². The Labute approximate surface area is 183 Å². The molecule has 1 unspecified atom stereocenters. The molecule has 4 rings (SSSR count). The number of nitriles is 1. The van der Waals surface area contributed by atoms with Crippen LogP contribution in [0.5, 0.6) is 0 Å². The van der Waals surface area contributed by atoms with Crippen LogP contribution in [0.4, 0.5) is 5.00 Å². The predicted octanol–water partition coefficient (Wildman–Crippen LogP) is 3.89. The van der Waals surface area contributed by atoms with Crippen LogP contribution in [-0.2, 0) is 24.2 Å². The summed E-state index contributed by atoms with van der Waals surface area (Å²) in [5, 5.41) is 13.4. The molecule has 2 aromatic rings. The van der Waals surface area contributed by atoms with Crippen molar-refractivity contribution in [2.45, 2.75) is 39.2 Å². The van der Waals surface area contributed by atoms with Crippen molar-refractivity contribution in [1.29, 1.82) is 5.26 Å². The topological polar surface area (TPSA) is 59.4 Å². The van der Waals surface area contributed by atoms with E-state index in [1.807, 2.05) is 0 Å². The number of carbonyl (C=O) groups is 1. The molecular weight excluding hydrogens is 392 g/mol. The van der Waals surface area contributed by atoms with Crippen LogP contribution < -0.4 is 5.32 Å². The molecule has 1 atom stereocenters. The average molecular weight is 423 g/mol. The molecule has 0 radical (unpaired) electrons. The van der Waals surface area contributed by atoms with Gasteiger partial charge >= 0.3 is 0 Å². The van der Waals surface area contributed by atoms with Gasteiger partial charge in [-0.15, -0.1) is 11.3 Å². The molecule has 0 bridgehead atoms. The van der Waals surface area contributed by atoms with Gasteiger partial charge in [0.25, 0.3) is 0 Å². The third-order valence-corrected chi connectivity index (χ3v) is 7.34. The number of nitrogens with zero attached hydrogens (tertiary/aromatic N) is 3. The largest absolute Gasteiger partial charge is 0.315 e. The summed E-state index contributed by atoms with van der Waals surface area (Å²) in [6.07, 6.45) is 4.16. The van der Waals surface area contributed by atoms with Crippen molar-refractivity contribution in [1.82, 2.24) is 9.80 Å². The zero-order valence-corrected chi connectivity index (χ0v) is 18.5. The van der Waals surface area contributed by atoms with Gasteiger partial charge in [-0.25, -0.2) is 0 Å². The van der Waals surface area contributed by atoms with Gasteiger partial charge in [-0.2, -0.15) is 5.26 Å². The summed E-state index contributed by atoms with van der Waals surface area (Å²) in [7, 11) is 0. The van der Waals surface area contributed by atoms with Crippen LogP contribution in [0.3, 0.4) is 0 Å². The molecule has 2 aliphatic rings. The number of nitrogens with one attached hydrogen (secondary N) is 1. The second-order valence-electron chi connectivity index (χ2n) is 8.61. The second-order valence-corrected chi connectivity index (χ2v) is 9.71. The molecule has 1 aliphatic carbocycles. The number of rotatable bonds is 5. The highest BCUT2D eigenvalue weighted by Crippen LogP contribution is 2.39. The number of benzene rings is 1. The first-order chi connectivity index (χ1) is 14.6. The number of hydrogen-bond acceptors (Lipinski definition) is 5. The van der Waals surface area contributed by atoms with Crippen LogP contribution in [0.1, 0.15) is 41.3 Å².